The molecule has 1 aromatic carbocycles. The van der Waals surface area contributed by atoms with E-state index < -0.39 is 5.60 Å². The van der Waals surface area contributed by atoms with E-state index in [1.165, 1.54) is 0 Å². The van der Waals surface area contributed by atoms with Crippen LogP contribution in [0.3, 0.4) is 0 Å². The summed E-state index contributed by atoms with van der Waals surface area (Å²) in [5.74, 6) is 0. The van der Waals surface area contributed by atoms with Gasteiger partial charge in [0.2, 0.25) is 0 Å². The lowest BCUT2D eigenvalue weighted by atomic mass is 10.00. The largest absolute Gasteiger partial charge is 0.382 e. The van der Waals surface area contributed by atoms with E-state index in [2.05, 4.69) is 42.3 Å². The summed E-state index contributed by atoms with van der Waals surface area (Å²) in [5, 5.41) is 29.9. The fraction of sp³-hybridized carbons (Fsp3) is 0.357. The Morgan fingerprint density at radius 2 is 2.38 bits per heavy atom. The average molecular weight is 348 g/mol. The molecule has 3 rings (SSSR count). The first kappa shape index (κ1) is 14.2. The Kier molecular flexibility index (Phi) is 3.76. The second kappa shape index (κ2) is 5.56. The average Bonchev–Trinajstić information content (AvgIpc) is 3.12. The molecule has 0 aliphatic carbocycles. The van der Waals surface area contributed by atoms with Gasteiger partial charge in [0.25, 0.3) is 0 Å². The van der Waals surface area contributed by atoms with E-state index in [0.29, 0.717) is 30.8 Å². The standard InChI is InChI=1S/C14H14BrN5O/c15-12-2-1-10(6-16)5-11(12)8-20-4-3-14(21,9-20)13-7-17-19-18-13/h1-2,5,7,21H,3-4,8-9H2,(H,17,18,19). The van der Waals surface area contributed by atoms with Crippen LogP contribution in [0.1, 0.15) is 23.2 Å². The van der Waals surface area contributed by atoms with Gasteiger partial charge in [0, 0.05) is 24.1 Å². The van der Waals surface area contributed by atoms with Crippen molar-refractivity contribution < 1.29 is 5.11 Å². The van der Waals surface area contributed by atoms with Crippen LogP contribution in [-0.4, -0.2) is 38.5 Å². The van der Waals surface area contributed by atoms with Crippen molar-refractivity contribution >= 4 is 15.9 Å². The van der Waals surface area contributed by atoms with Crippen LogP contribution in [0.25, 0.3) is 0 Å². The minimum atomic E-state index is -0.952. The van der Waals surface area contributed by atoms with Crippen molar-refractivity contribution in [2.75, 3.05) is 13.1 Å². The number of halogens is 1. The summed E-state index contributed by atoms with van der Waals surface area (Å²) in [7, 11) is 0. The maximum atomic E-state index is 10.6. The predicted octanol–water partition coefficient (Wildman–Crippen LogP) is 1.53. The predicted molar refractivity (Wildman–Crippen MR) is 79.0 cm³/mol. The number of aliphatic hydroxyl groups is 1. The third kappa shape index (κ3) is 2.83. The fourth-order valence-electron chi connectivity index (χ4n) is 2.65. The smallest absolute Gasteiger partial charge is 0.124 e. The van der Waals surface area contributed by atoms with Crippen molar-refractivity contribution in [3.8, 4) is 6.07 Å². The molecule has 2 heterocycles. The monoisotopic (exact) mass is 347 g/mol. The quantitative estimate of drug-likeness (QED) is 0.878. The molecule has 7 heteroatoms. The maximum absolute atomic E-state index is 10.6. The molecule has 0 spiro atoms. The van der Waals surface area contributed by atoms with Crippen LogP contribution in [0, 0.1) is 11.3 Å². The molecule has 1 atom stereocenters. The first-order valence-corrected chi connectivity index (χ1v) is 7.39. The summed E-state index contributed by atoms with van der Waals surface area (Å²) in [6, 6.07) is 7.68. The minimum absolute atomic E-state index is 0.503. The van der Waals surface area contributed by atoms with E-state index >= 15 is 0 Å². The second-order valence-corrected chi connectivity index (χ2v) is 6.12. The van der Waals surface area contributed by atoms with Crippen molar-refractivity contribution in [3.63, 3.8) is 0 Å². The Morgan fingerprint density at radius 1 is 1.52 bits per heavy atom. The van der Waals surface area contributed by atoms with Gasteiger partial charge in [-0.1, -0.05) is 15.9 Å². The van der Waals surface area contributed by atoms with Gasteiger partial charge in [-0.3, -0.25) is 4.90 Å². The van der Waals surface area contributed by atoms with Crippen molar-refractivity contribution in [2.45, 2.75) is 18.6 Å². The summed E-state index contributed by atoms with van der Waals surface area (Å²) in [6.07, 6.45) is 2.19. The third-order valence-electron chi connectivity index (χ3n) is 3.79. The molecule has 0 amide bonds. The Labute approximate surface area is 130 Å². The molecule has 21 heavy (non-hydrogen) atoms. The zero-order chi connectivity index (χ0) is 14.9. The van der Waals surface area contributed by atoms with E-state index in [9.17, 15) is 5.11 Å². The van der Waals surface area contributed by atoms with Gasteiger partial charge in [0.15, 0.2) is 0 Å². The van der Waals surface area contributed by atoms with Gasteiger partial charge in [0.05, 0.1) is 17.8 Å². The number of benzene rings is 1. The van der Waals surface area contributed by atoms with Crippen LogP contribution >= 0.6 is 15.9 Å². The zero-order valence-corrected chi connectivity index (χ0v) is 12.8. The van der Waals surface area contributed by atoms with E-state index in [-0.39, 0.29) is 0 Å². The van der Waals surface area contributed by atoms with Gasteiger partial charge in [-0.05, 0) is 30.2 Å². The van der Waals surface area contributed by atoms with Gasteiger partial charge >= 0.3 is 0 Å². The molecule has 1 saturated heterocycles. The first-order valence-electron chi connectivity index (χ1n) is 6.60. The summed E-state index contributed by atoms with van der Waals surface area (Å²) < 4.78 is 0.971. The van der Waals surface area contributed by atoms with Crippen LogP contribution in [-0.2, 0) is 12.1 Å². The third-order valence-corrected chi connectivity index (χ3v) is 4.56. The number of H-pyrrole nitrogens is 1. The van der Waals surface area contributed by atoms with Gasteiger partial charge < -0.3 is 5.11 Å². The number of aromatic amines is 1. The molecule has 1 aromatic heterocycles. The lowest BCUT2D eigenvalue weighted by Crippen LogP contribution is -2.31. The number of nitrogens with one attached hydrogen (secondary N) is 1. The number of nitriles is 1. The summed E-state index contributed by atoms with van der Waals surface area (Å²) >= 11 is 3.51. The van der Waals surface area contributed by atoms with E-state index in [4.69, 9.17) is 5.26 Å². The first-order chi connectivity index (χ1) is 10.1. The topological polar surface area (TPSA) is 88.8 Å². The molecule has 1 fully saturated rings. The molecule has 6 nitrogen and oxygen atoms in total. The fourth-order valence-corrected chi connectivity index (χ4v) is 3.02. The highest BCUT2D eigenvalue weighted by Crippen LogP contribution is 2.32. The normalized spacial score (nSPS) is 22.3. The molecule has 108 valence electrons. The highest BCUT2D eigenvalue weighted by atomic mass is 79.9. The molecule has 1 aliphatic heterocycles. The number of nitrogens with zero attached hydrogens (tertiary/aromatic N) is 4. The molecular formula is C14H14BrN5O. The highest BCUT2D eigenvalue weighted by molar-refractivity contribution is 9.10. The molecule has 0 radical (unpaired) electrons. The highest BCUT2D eigenvalue weighted by Gasteiger charge is 2.39. The molecule has 1 aliphatic rings. The van der Waals surface area contributed by atoms with Crippen molar-refractivity contribution in [1.82, 2.24) is 20.3 Å². The minimum Gasteiger partial charge on any atom is -0.382 e. The van der Waals surface area contributed by atoms with Crippen molar-refractivity contribution in [3.05, 3.63) is 45.7 Å². The Balaban J connectivity index is 1.75. The van der Waals surface area contributed by atoms with Crippen LogP contribution in [0.5, 0.6) is 0 Å². The van der Waals surface area contributed by atoms with E-state index in [1.54, 1.807) is 12.3 Å². The van der Waals surface area contributed by atoms with Crippen LogP contribution in [0.2, 0.25) is 0 Å². The second-order valence-electron chi connectivity index (χ2n) is 5.27. The van der Waals surface area contributed by atoms with Gasteiger partial charge in [-0.2, -0.15) is 20.7 Å². The molecule has 0 saturated carbocycles. The lowest BCUT2D eigenvalue weighted by molar-refractivity contribution is 0.0408. The number of β-amino-alcohol motifs (C(OH)–C–C–N with tert-alkyl or cyclic N) is 1. The van der Waals surface area contributed by atoms with Crippen LogP contribution < -0.4 is 0 Å². The van der Waals surface area contributed by atoms with Gasteiger partial charge in [0.1, 0.15) is 11.3 Å². The zero-order valence-electron chi connectivity index (χ0n) is 11.3. The summed E-state index contributed by atoms with van der Waals surface area (Å²) in [4.78, 5) is 2.15. The van der Waals surface area contributed by atoms with Crippen molar-refractivity contribution in [2.24, 2.45) is 0 Å². The van der Waals surface area contributed by atoms with Gasteiger partial charge in [-0.15, -0.1) is 0 Å². The Hall–Kier alpha value is -1.75. The molecule has 0 bridgehead atoms. The lowest BCUT2D eigenvalue weighted by Gasteiger charge is -2.21. The summed E-state index contributed by atoms with van der Waals surface area (Å²) in [6.45, 7) is 1.95. The van der Waals surface area contributed by atoms with Crippen molar-refractivity contribution in [1.29, 1.82) is 5.26 Å². The van der Waals surface area contributed by atoms with Gasteiger partial charge in [-0.25, -0.2) is 0 Å². The molecular weight excluding hydrogens is 334 g/mol. The van der Waals surface area contributed by atoms with Crippen LogP contribution in [0.15, 0.2) is 28.9 Å². The molecule has 2 aromatic rings. The van der Waals surface area contributed by atoms with E-state index in [0.717, 1.165) is 16.6 Å². The number of aromatic nitrogens is 3. The molecule has 1 unspecified atom stereocenters. The SMILES string of the molecule is N#Cc1ccc(Br)c(CN2CCC(O)(c3cn[nH]n3)C2)c1. The number of likely N-dealkylation sites (tertiary alicyclic amines) is 1. The molecule has 2 N–H and O–H groups in total. The maximum Gasteiger partial charge on any atom is 0.124 e. The Bertz CT molecular complexity index is 681. The van der Waals surface area contributed by atoms with E-state index in [1.807, 2.05) is 12.1 Å². The number of rotatable bonds is 3. The number of hydrogen-bond donors (Lipinski definition) is 2. The van der Waals surface area contributed by atoms with Crippen LogP contribution in [0.4, 0.5) is 0 Å². The Morgan fingerprint density at radius 3 is 3.10 bits per heavy atom. The summed E-state index contributed by atoms with van der Waals surface area (Å²) in [5.41, 5.74) is 1.30. The number of hydrogen-bond acceptors (Lipinski definition) is 5.